The average molecular weight is 363 g/mol. The molecule has 130 valence electrons. The van der Waals surface area contributed by atoms with Crippen molar-refractivity contribution < 1.29 is 17.9 Å². The second-order valence-electron chi connectivity index (χ2n) is 5.37. The molecular formula is C15H23ClN2O4S. The highest BCUT2D eigenvalue weighted by atomic mass is 35.5. The lowest BCUT2D eigenvalue weighted by Crippen LogP contribution is -2.40. The molecule has 0 aliphatic heterocycles. The summed E-state index contributed by atoms with van der Waals surface area (Å²) in [6.45, 7) is 4.59. The quantitative estimate of drug-likeness (QED) is 0.682. The van der Waals surface area contributed by atoms with Crippen LogP contribution in [0.25, 0.3) is 0 Å². The van der Waals surface area contributed by atoms with Crippen LogP contribution in [0, 0.1) is 0 Å². The lowest BCUT2D eigenvalue weighted by Gasteiger charge is -2.22. The predicted molar refractivity (Wildman–Crippen MR) is 92.4 cm³/mol. The summed E-state index contributed by atoms with van der Waals surface area (Å²) >= 11 is 5.80. The van der Waals surface area contributed by atoms with Gasteiger partial charge in [-0.15, -0.1) is 0 Å². The molecule has 8 heteroatoms. The Labute approximate surface area is 142 Å². The minimum Gasteiger partial charge on any atom is -0.379 e. The van der Waals surface area contributed by atoms with E-state index in [4.69, 9.17) is 16.3 Å². The largest absolute Gasteiger partial charge is 0.379 e. The van der Waals surface area contributed by atoms with Crippen molar-refractivity contribution in [1.29, 1.82) is 0 Å². The van der Waals surface area contributed by atoms with Gasteiger partial charge in [-0.3, -0.25) is 9.10 Å². The Bertz CT molecular complexity index is 602. The Balaban J connectivity index is 2.58. The fourth-order valence-electron chi connectivity index (χ4n) is 1.81. The number of anilines is 1. The molecule has 1 aromatic carbocycles. The lowest BCUT2D eigenvalue weighted by molar-refractivity contribution is -0.119. The zero-order valence-corrected chi connectivity index (χ0v) is 15.2. The Kier molecular flexibility index (Phi) is 7.81. The molecule has 6 nitrogen and oxygen atoms in total. The van der Waals surface area contributed by atoms with Crippen LogP contribution in [0.4, 0.5) is 5.69 Å². The molecule has 0 saturated heterocycles. The van der Waals surface area contributed by atoms with Crippen LogP contribution in [0.15, 0.2) is 24.3 Å². The highest BCUT2D eigenvalue weighted by Crippen LogP contribution is 2.20. The van der Waals surface area contributed by atoms with E-state index in [1.165, 1.54) is 0 Å². The number of benzene rings is 1. The van der Waals surface area contributed by atoms with Crippen LogP contribution in [-0.2, 0) is 19.6 Å². The molecule has 1 amide bonds. The summed E-state index contributed by atoms with van der Waals surface area (Å²) in [5, 5.41) is 3.19. The highest BCUT2D eigenvalue weighted by Gasteiger charge is 2.20. The SMILES string of the molecule is CC(C)OCCCNC(=O)CN(c1ccc(Cl)cc1)S(C)(=O)=O. The van der Waals surface area contributed by atoms with Gasteiger partial charge in [-0.05, 0) is 44.5 Å². The summed E-state index contributed by atoms with van der Waals surface area (Å²) in [6.07, 6.45) is 1.88. The van der Waals surface area contributed by atoms with Crippen molar-refractivity contribution >= 4 is 33.2 Å². The molecule has 0 unspecified atom stereocenters. The second-order valence-corrected chi connectivity index (χ2v) is 7.71. The molecule has 1 N–H and O–H groups in total. The van der Waals surface area contributed by atoms with Gasteiger partial charge in [0.1, 0.15) is 6.54 Å². The van der Waals surface area contributed by atoms with Crippen LogP contribution in [0.3, 0.4) is 0 Å². The number of carbonyl (C=O) groups excluding carboxylic acids is 1. The number of amides is 1. The van der Waals surface area contributed by atoms with Crippen LogP contribution >= 0.6 is 11.6 Å². The third-order valence-electron chi connectivity index (χ3n) is 2.90. The van der Waals surface area contributed by atoms with Crippen molar-refractivity contribution in [3.05, 3.63) is 29.3 Å². The predicted octanol–water partition coefficient (Wildman–Crippen LogP) is 2.04. The number of sulfonamides is 1. The second kappa shape index (κ2) is 9.10. The highest BCUT2D eigenvalue weighted by molar-refractivity contribution is 7.92. The van der Waals surface area contributed by atoms with E-state index in [-0.39, 0.29) is 18.6 Å². The first-order valence-electron chi connectivity index (χ1n) is 7.31. The summed E-state index contributed by atoms with van der Waals surface area (Å²) in [7, 11) is -3.57. The Morgan fingerprint density at radius 1 is 1.30 bits per heavy atom. The lowest BCUT2D eigenvalue weighted by atomic mass is 10.3. The van der Waals surface area contributed by atoms with Crippen molar-refractivity contribution in [3.63, 3.8) is 0 Å². The molecule has 0 aromatic heterocycles. The van der Waals surface area contributed by atoms with Gasteiger partial charge in [0.15, 0.2) is 0 Å². The maximum absolute atomic E-state index is 12.0. The molecule has 0 saturated carbocycles. The molecule has 0 radical (unpaired) electrons. The molecule has 0 aliphatic carbocycles. The van der Waals surface area contributed by atoms with E-state index in [9.17, 15) is 13.2 Å². The van der Waals surface area contributed by atoms with Crippen molar-refractivity contribution in [2.45, 2.75) is 26.4 Å². The number of hydrogen-bond acceptors (Lipinski definition) is 4. The first-order chi connectivity index (χ1) is 10.7. The molecule has 0 aliphatic rings. The fourth-order valence-corrected chi connectivity index (χ4v) is 2.80. The minimum atomic E-state index is -3.57. The fraction of sp³-hybridized carbons (Fsp3) is 0.533. The van der Waals surface area contributed by atoms with Gasteiger partial charge in [-0.1, -0.05) is 11.6 Å². The summed E-state index contributed by atoms with van der Waals surface area (Å²) in [4.78, 5) is 12.0. The van der Waals surface area contributed by atoms with Gasteiger partial charge in [0.05, 0.1) is 18.0 Å². The van der Waals surface area contributed by atoms with Crippen molar-refractivity contribution in [3.8, 4) is 0 Å². The topological polar surface area (TPSA) is 75.7 Å². The maximum atomic E-state index is 12.0. The van der Waals surface area contributed by atoms with E-state index in [1.807, 2.05) is 13.8 Å². The van der Waals surface area contributed by atoms with Crippen molar-refractivity contribution in [2.75, 3.05) is 30.3 Å². The van der Waals surface area contributed by atoms with Gasteiger partial charge >= 0.3 is 0 Å². The number of nitrogens with zero attached hydrogens (tertiary/aromatic N) is 1. The molecular weight excluding hydrogens is 340 g/mol. The molecule has 23 heavy (non-hydrogen) atoms. The first kappa shape index (κ1) is 19.7. The van der Waals surface area contributed by atoms with Gasteiger partial charge in [-0.25, -0.2) is 8.42 Å². The molecule has 1 rings (SSSR count). The number of halogens is 1. The zero-order chi connectivity index (χ0) is 17.5. The van der Waals surface area contributed by atoms with Gasteiger partial charge in [-0.2, -0.15) is 0 Å². The van der Waals surface area contributed by atoms with Crippen LogP contribution in [0.2, 0.25) is 5.02 Å². The van der Waals surface area contributed by atoms with Crippen LogP contribution in [0.1, 0.15) is 20.3 Å². The summed E-state index contributed by atoms with van der Waals surface area (Å²) in [6, 6.07) is 6.28. The van der Waals surface area contributed by atoms with Crippen LogP contribution < -0.4 is 9.62 Å². The van der Waals surface area contributed by atoms with Crippen LogP contribution in [0.5, 0.6) is 0 Å². The van der Waals surface area contributed by atoms with E-state index in [0.717, 1.165) is 10.6 Å². The molecule has 0 heterocycles. The van der Waals surface area contributed by atoms with E-state index >= 15 is 0 Å². The van der Waals surface area contributed by atoms with E-state index in [1.54, 1.807) is 24.3 Å². The Hall–Kier alpha value is -1.31. The number of carbonyl (C=O) groups is 1. The first-order valence-corrected chi connectivity index (χ1v) is 9.54. The minimum absolute atomic E-state index is 0.149. The number of nitrogens with one attached hydrogen (secondary N) is 1. The molecule has 0 atom stereocenters. The molecule has 0 fully saturated rings. The maximum Gasteiger partial charge on any atom is 0.240 e. The van der Waals surface area contributed by atoms with Gasteiger partial charge in [0.2, 0.25) is 15.9 Å². The Morgan fingerprint density at radius 3 is 2.43 bits per heavy atom. The van der Waals surface area contributed by atoms with E-state index in [0.29, 0.717) is 30.3 Å². The monoisotopic (exact) mass is 362 g/mol. The third kappa shape index (κ3) is 7.67. The normalized spacial score (nSPS) is 11.5. The number of hydrogen-bond donors (Lipinski definition) is 1. The zero-order valence-electron chi connectivity index (χ0n) is 13.6. The third-order valence-corrected chi connectivity index (χ3v) is 4.29. The van der Waals surface area contributed by atoms with Crippen molar-refractivity contribution in [2.24, 2.45) is 0 Å². The van der Waals surface area contributed by atoms with E-state index in [2.05, 4.69) is 5.32 Å². The van der Waals surface area contributed by atoms with Gasteiger partial charge in [0.25, 0.3) is 0 Å². The van der Waals surface area contributed by atoms with E-state index < -0.39 is 10.0 Å². The molecule has 1 aromatic rings. The molecule has 0 bridgehead atoms. The average Bonchev–Trinajstić information content (AvgIpc) is 2.44. The summed E-state index contributed by atoms with van der Waals surface area (Å²) in [5.74, 6) is -0.366. The van der Waals surface area contributed by atoms with Crippen LogP contribution in [-0.4, -0.2) is 46.4 Å². The standard InChI is InChI=1S/C15H23ClN2O4S/c1-12(2)22-10-4-9-17-15(19)11-18(23(3,20)21)14-7-5-13(16)6-8-14/h5-8,12H,4,9-11H2,1-3H3,(H,17,19). The van der Waals surface area contributed by atoms with Gasteiger partial charge < -0.3 is 10.1 Å². The summed E-state index contributed by atoms with van der Waals surface area (Å²) < 4.78 is 30.2. The molecule has 0 spiro atoms. The number of ether oxygens (including phenoxy) is 1. The smallest absolute Gasteiger partial charge is 0.240 e. The number of rotatable bonds is 9. The summed E-state index contributed by atoms with van der Waals surface area (Å²) in [5.41, 5.74) is 0.398. The van der Waals surface area contributed by atoms with Gasteiger partial charge in [0, 0.05) is 18.2 Å². The Morgan fingerprint density at radius 2 is 1.91 bits per heavy atom. The van der Waals surface area contributed by atoms with Crippen molar-refractivity contribution in [1.82, 2.24) is 5.32 Å².